The smallest absolute Gasteiger partial charge is 0.195 e. The van der Waals surface area contributed by atoms with Crippen molar-refractivity contribution in [3.63, 3.8) is 0 Å². The van der Waals surface area contributed by atoms with Crippen LogP contribution in [0.25, 0.3) is 0 Å². The molecule has 3 nitrogen and oxygen atoms in total. The van der Waals surface area contributed by atoms with E-state index in [0.717, 1.165) is 32.0 Å². The van der Waals surface area contributed by atoms with Crippen LogP contribution in [0.1, 0.15) is 26.2 Å². The van der Waals surface area contributed by atoms with Gasteiger partial charge in [0.25, 0.3) is 0 Å². The highest BCUT2D eigenvalue weighted by atomic mass is 16.2. The third-order valence-corrected chi connectivity index (χ3v) is 2.54. The number of rotatable bonds is 5. The number of Topliss-reactive ketones (excluding diaryl/α,β-unsaturated/α-hetero) is 1. The Morgan fingerprint density at radius 2 is 2.38 bits per heavy atom. The summed E-state index contributed by atoms with van der Waals surface area (Å²) in [6, 6.07) is 0. The molecule has 1 heterocycles. The summed E-state index contributed by atoms with van der Waals surface area (Å²) in [6.07, 6.45) is 2.92. The first-order valence-corrected chi connectivity index (χ1v) is 4.92. The van der Waals surface area contributed by atoms with Crippen LogP contribution in [0.3, 0.4) is 0 Å². The largest absolute Gasteiger partial charge is 0.303 e. The Morgan fingerprint density at radius 3 is 2.92 bits per heavy atom. The molecule has 0 aromatic carbocycles. The molecule has 1 fully saturated rings. The maximum Gasteiger partial charge on any atom is 0.195 e. The maximum absolute atomic E-state index is 10.7. The number of carbonyl (C=O) groups excluding carboxylic acids is 2. The van der Waals surface area contributed by atoms with Crippen molar-refractivity contribution in [2.24, 2.45) is 5.92 Å². The molecule has 0 aliphatic carbocycles. The van der Waals surface area contributed by atoms with Crippen LogP contribution in [0.15, 0.2) is 0 Å². The summed E-state index contributed by atoms with van der Waals surface area (Å²) < 4.78 is 0. The fraction of sp³-hybridized carbons (Fsp3) is 0.800. The summed E-state index contributed by atoms with van der Waals surface area (Å²) in [6.45, 7) is 5.51. The lowest BCUT2D eigenvalue weighted by molar-refractivity contribution is -0.129. The van der Waals surface area contributed by atoms with Crippen LogP contribution >= 0.6 is 0 Å². The Bertz CT molecular complexity index is 191. The van der Waals surface area contributed by atoms with Gasteiger partial charge >= 0.3 is 0 Å². The van der Waals surface area contributed by atoms with Crippen molar-refractivity contribution in [2.75, 3.05) is 19.6 Å². The average Bonchev–Trinajstić information content (AvgIpc) is 2.51. The Kier molecular flexibility index (Phi) is 4.09. The molecule has 1 unspecified atom stereocenters. The Hall–Kier alpha value is -0.700. The molecule has 0 aromatic rings. The van der Waals surface area contributed by atoms with Crippen LogP contribution < -0.4 is 0 Å². The standard InChI is InChI=1S/C10H17NO2/c1-9-4-6-11(7-9)5-2-3-10(13)8-12/h8-9H,2-7H2,1H3. The van der Waals surface area contributed by atoms with Crippen molar-refractivity contribution >= 4 is 12.1 Å². The van der Waals surface area contributed by atoms with Crippen molar-refractivity contribution in [3.8, 4) is 0 Å². The van der Waals surface area contributed by atoms with Crippen molar-refractivity contribution in [2.45, 2.75) is 26.2 Å². The van der Waals surface area contributed by atoms with Gasteiger partial charge in [-0.2, -0.15) is 0 Å². The Morgan fingerprint density at radius 1 is 1.62 bits per heavy atom. The molecule has 1 atom stereocenters. The molecule has 0 spiro atoms. The summed E-state index contributed by atoms with van der Waals surface area (Å²) >= 11 is 0. The van der Waals surface area contributed by atoms with E-state index in [-0.39, 0.29) is 5.78 Å². The summed E-state index contributed by atoms with van der Waals surface area (Å²) in [5.74, 6) is 0.522. The molecule has 0 amide bonds. The highest BCUT2D eigenvalue weighted by Gasteiger charge is 2.17. The van der Waals surface area contributed by atoms with Crippen LogP contribution in [-0.2, 0) is 9.59 Å². The van der Waals surface area contributed by atoms with Crippen LogP contribution in [0, 0.1) is 5.92 Å². The fourth-order valence-electron chi connectivity index (χ4n) is 1.77. The topological polar surface area (TPSA) is 37.4 Å². The first-order valence-electron chi connectivity index (χ1n) is 4.92. The second kappa shape index (κ2) is 5.12. The fourth-order valence-corrected chi connectivity index (χ4v) is 1.77. The summed E-state index contributed by atoms with van der Waals surface area (Å²) in [7, 11) is 0. The lowest BCUT2D eigenvalue weighted by Crippen LogP contribution is -2.22. The minimum absolute atomic E-state index is 0.271. The molecule has 1 aliphatic heterocycles. The Labute approximate surface area is 79.1 Å². The molecule has 1 rings (SSSR count). The molecule has 0 bridgehead atoms. The van der Waals surface area contributed by atoms with Gasteiger partial charge in [-0.1, -0.05) is 6.92 Å². The monoisotopic (exact) mass is 183 g/mol. The average molecular weight is 183 g/mol. The second-order valence-corrected chi connectivity index (χ2v) is 3.88. The Balaban J connectivity index is 2.06. The molecule has 0 N–H and O–H groups in total. The van der Waals surface area contributed by atoms with E-state index in [2.05, 4.69) is 11.8 Å². The van der Waals surface area contributed by atoms with Gasteiger partial charge in [0.15, 0.2) is 12.1 Å². The predicted octanol–water partition coefficient (Wildman–Crippen LogP) is 0.876. The molecule has 0 saturated carbocycles. The van der Waals surface area contributed by atoms with E-state index in [4.69, 9.17) is 0 Å². The lowest BCUT2D eigenvalue weighted by atomic mass is 10.2. The van der Waals surface area contributed by atoms with Gasteiger partial charge in [0, 0.05) is 13.0 Å². The molecule has 1 saturated heterocycles. The lowest BCUT2D eigenvalue weighted by Gasteiger charge is -2.13. The first-order chi connectivity index (χ1) is 6.22. The molecule has 0 radical (unpaired) electrons. The summed E-state index contributed by atoms with van der Waals surface area (Å²) in [5.41, 5.74) is 0. The summed E-state index contributed by atoms with van der Waals surface area (Å²) in [5, 5.41) is 0. The van der Waals surface area contributed by atoms with Gasteiger partial charge < -0.3 is 4.90 Å². The van der Waals surface area contributed by atoms with E-state index in [1.807, 2.05) is 0 Å². The van der Waals surface area contributed by atoms with Gasteiger partial charge in [-0.25, -0.2) is 0 Å². The van der Waals surface area contributed by atoms with Gasteiger partial charge in [-0.05, 0) is 31.8 Å². The van der Waals surface area contributed by atoms with Crippen molar-refractivity contribution in [3.05, 3.63) is 0 Å². The van der Waals surface area contributed by atoms with Gasteiger partial charge in [0.05, 0.1) is 0 Å². The second-order valence-electron chi connectivity index (χ2n) is 3.88. The normalized spacial score (nSPS) is 23.3. The van der Waals surface area contributed by atoms with E-state index in [1.54, 1.807) is 0 Å². The maximum atomic E-state index is 10.7. The van der Waals surface area contributed by atoms with Crippen LogP contribution in [0.2, 0.25) is 0 Å². The molecule has 13 heavy (non-hydrogen) atoms. The highest BCUT2D eigenvalue weighted by molar-refractivity contribution is 6.24. The van der Waals surface area contributed by atoms with Crippen molar-refractivity contribution in [1.82, 2.24) is 4.90 Å². The van der Waals surface area contributed by atoms with Crippen LogP contribution in [0.5, 0.6) is 0 Å². The summed E-state index contributed by atoms with van der Waals surface area (Å²) in [4.78, 5) is 23.0. The minimum Gasteiger partial charge on any atom is -0.303 e. The van der Waals surface area contributed by atoms with Gasteiger partial charge in [0.2, 0.25) is 0 Å². The van der Waals surface area contributed by atoms with Gasteiger partial charge in [-0.15, -0.1) is 0 Å². The number of aldehydes is 1. The molecule has 74 valence electrons. The van der Waals surface area contributed by atoms with E-state index in [9.17, 15) is 9.59 Å². The number of hydrogen-bond donors (Lipinski definition) is 0. The predicted molar refractivity (Wildman–Crippen MR) is 50.5 cm³/mol. The molecule has 1 aliphatic rings. The molecular weight excluding hydrogens is 166 g/mol. The van der Waals surface area contributed by atoms with Crippen molar-refractivity contribution < 1.29 is 9.59 Å². The van der Waals surface area contributed by atoms with E-state index < -0.39 is 0 Å². The number of ketones is 1. The van der Waals surface area contributed by atoms with Crippen molar-refractivity contribution in [1.29, 1.82) is 0 Å². The number of nitrogens with zero attached hydrogens (tertiary/aromatic N) is 1. The zero-order chi connectivity index (χ0) is 9.68. The van der Waals surface area contributed by atoms with Crippen LogP contribution in [-0.4, -0.2) is 36.6 Å². The zero-order valence-electron chi connectivity index (χ0n) is 8.16. The molecule has 0 aromatic heterocycles. The molecule has 3 heteroatoms. The number of carbonyl (C=O) groups is 2. The van der Waals surface area contributed by atoms with Gasteiger partial charge in [0.1, 0.15) is 0 Å². The quantitative estimate of drug-likeness (QED) is 0.469. The third kappa shape index (κ3) is 3.68. The van der Waals surface area contributed by atoms with E-state index in [0.29, 0.717) is 12.7 Å². The SMILES string of the molecule is CC1CCN(CCCC(=O)C=O)C1. The highest BCUT2D eigenvalue weighted by Crippen LogP contribution is 2.15. The van der Waals surface area contributed by atoms with E-state index in [1.165, 1.54) is 6.42 Å². The van der Waals surface area contributed by atoms with Gasteiger partial charge in [-0.3, -0.25) is 9.59 Å². The molecular formula is C10H17NO2. The first kappa shape index (κ1) is 10.4. The third-order valence-electron chi connectivity index (χ3n) is 2.54. The zero-order valence-corrected chi connectivity index (χ0v) is 8.16. The minimum atomic E-state index is -0.271. The van der Waals surface area contributed by atoms with Crippen LogP contribution in [0.4, 0.5) is 0 Å². The number of likely N-dealkylation sites (tertiary alicyclic amines) is 1. The number of hydrogen-bond acceptors (Lipinski definition) is 3. The van der Waals surface area contributed by atoms with E-state index >= 15 is 0 Å².